The number of carbonyl (C=O) groups is 1. The number of aromatic nitrogens is 1. The maximum atomic E-state index is 13.9. The molecule has 0 saturated carbocycles. The SMILES string of the molecule is CCOc1cccc(C2c3[nH]c4ccccc4c3CCN2C(=O)c2cccc(N(C)C)c2)c1. The van der Waals surface area contributed by atoms with Gasteiger partial charge in [-0.2, -0.15) is 0 Å². The Bertz CT molecular complexity index is 1310. The van der Waals surface area contributed by atoms with Gasteiger partial charge in [-0.25, -0.2) is 0 Å². The molecule has 0 saturated heterocycles. The fourth-order valence-electron chi connectivity index (χ4n) is 4.83. The summed E-state index contributed by atoms with van der Waals surface area (Å²) in [4.78, 5) is 21.5. The molecule has 0 aliphatic carbocycles. The minimum atomic E-state index is -0.211. The molecule has 33 heavy (non-hydrogen) atoms. The number of ether oxygens (including phenoxy) is 1. The molecule has 1 amide bonds. The van der Waals surface area contributed by atoms with Crippen molar-refractivity contribution < 1.29 is 9.53 Å². The van der Waals surface area contributed by atoms with E-state index in [4.69, 9.17) is 4.74 Å². The third kappa shape index (κ3) is 3.84. The lowest BCUT2D eigenvalue weighted by molar-refractivity contribution is 0.0691. The zero-order valence-electron chi connectivity index (χ0n) is 19.3. The molecule has 0 bridgehead atoms. The average Bonchev–Trinajstić information content (AvgIpc) is 3.22. The van der Waals surface area contributed by atoms with Gasteiger partial charge in [-0.3, -0.25) is 4.79 Å². The molecule has 0 spiro atoms. The highest BCUT2D eigenvalue weighted by molar-refractivity contribution is 5.96. The Labute approximate surface area is 194 Å². The van der Waals surface area contributed by atoms with Gasteiger partial charge in [0.15, 0.2) is 0 Å². The number of carbonyl (C=O) groups excluding carboxylic acids is 1. The van der Waals surface area contributed by atoms with Gasteiger partial charge in [-0.15, -0.1) is 0 Å². The van der Waals surface area contributed by atoms with Crippen LogP contribution in [0.2, 0.25) is 0 Å². The highest BCUT2D eigenvalue weighted by atomic mass is 16.5. The summed E-state index contributed by atoms with van der Waals surface area (Å²) in [5.41, 5.74) is 6.26. The minimum Gasteiger partial charge on any atom is -0.494 e. The van der Waals surface area contributed by atoms with Crippen molar-refractivity contribution in [2.45, 2.75) is 19.4 Å². The third-order valence-electron chi connectivity index (χ3n) is 6.39. The minimum absolute atomic E-state index is 0.0369. The van der Waals surface area contributed by atoms with E-state index in [2.05, 4.69) is 35.3 Å². The second-order valence-corrected chi connectivity index (χ2v) is 8.66. The van der Waals surface area contributed by atoms with Crippen molar-refractivity contribution in [1.29, 1.82) is 0 Å². The molecule has 1 aliphatic rings. The molecule has 1 aromatic heterocycles. The highest BCUT2D eigenvalue weighted by Gasteiger charge is 2.35. The monoisotopic (exact) mass is 439 g/mol. The largest absolute Gasteiger partial charge is 0.494 e. The van der Waals surface area contributed by atoms with E-state index in [1.165, 1.54) is 10.9 Å². The van der Waals surface area contributed by atoms with Crippen molar-refractivity contribution in [2.75, 3.05) is 32.1 Å². The van der Waals surface area contributed by atoms with Gasteiger partial charge in [0, 0.05) is 48.5 Å². The van der Waals surface area contributed by atoms with Crippen molar-refractivity contribution in [2.24, 2.45) is 0 Å². The van der Waals surface area contributed by atoms with Crippen LogP contribution in [0.4, 0.5) is 5.69 Å². The topological polar surface area (TPSA) is 48.6 Å². The number of hydrogen-bond acceptors (Lipinski definition) is 3. The zero-order valence-corrected chi connectivity index (χ0v) is 19.3. The van der Waals surface area contributed by atoms with Crippen LogP contribution in [0, 0.1) is 0 Å². The molecule has 1 N–H and O–H groups in total. The number of hydrogen-bond donors (Lipinski definition) is 1. The van der Waals surface area contributed by atoms with Gasteiger partial charge < -0.3 is 19.5 Å². The molecule has 1 aliphatic heterocycles. The first-order chi connectivity index (χ1) is 16.1. The molecule has 0 fully saturated rings. The van der Waals surface area contributed by atoms with E-state index in [-0.39, 0.29) is 11.9 Å². The Morgan fingerprint density at radius 2 is 1.88 bits per heavy atom. The predicted octanol–water partition coefficient (Wildman–Crippen LogP) is 5.42. The quantitative estimate of drug-likeness (QED) is 0.452. The van der Waals surface area contributed by atoms with E-state index >= 15 is 0 Å². The molecule has 5 heteroatoms. The smallest absolute Gasteiger partial charge is 0.254 e. The number of benzene rings is 3. The second kappa shape index (κ2) is 8.66. The van der Waals surface area contributed by atoms with Crippen molar-refractivity contribution in [3.63, 3.8) is 0 Å². The van der Waals surface area contributed by atoms with Gasteiger partial charge >= 0.3 is 0 Å². The maximum absolute atomic E-state index is 13.9. The molecule has 4 aromatic rings. The maximum Gasteiger partial charge on any atom is 0.254 e. The highest BCUT2D eigenvalue weighted by Crippen LogP contribution is 2.40. The fourth-order valence-corrected chi connectivity index (χ4v) is 4.83. The first-order valence-corrected chi connectivity index (χ1v) is 11.5. The molecule has 1 atom stereocenters. The van der Waals surface area contributed by atoms with Gasteiger partial charge in [0.25, 0.3) is 5.91 Å². The Morgan fingerprint density at radius 1 is 1.06 bits per heavy atom. The van der Waals surface area contributed by atoms with Gasteiger partial charge in [0.1, 0.15) is 5.75 Å². The molecule has 168 valence electrons. The molecule has 5 nitrogen and oxygen atoms in total. The van der Waals surface area contributed by atoms with E-state index in [1.54, 1.807) is 0 Å². The second-order valence-electron chi connectivity index (χ2n) is 8.66. The molecule has 3 aromatic carbocycles. The number of amides is 1. The zero-order chi connectivity index (χ0) is 22.9. The predicted molar refractivity (Wildman–Crippen MR) is 133 cm³/mol. The Kier molecular flexibility index (Phi) is 5.55. The van der Waals surface area contributed by atoms with E-state index in [1.807, 2.05) is 73.3 Å². The van der Waals surface area contributed by atoms with Crippen LogP contribution in [0.25, 0.3) is 10.9 Å². The molecular formula is C28H29N3O2. The fraction of sp³-hybridized carbons (Fsp3) is 0.250. The normalized spacial score (nSPS) is 15.4. The number of nitrogens with one attached hydrogen (secondary N) is 1. The Balaban J connectivity index is 1.63. The summed E-state index contributed by atoms with van der Waals surface area (Å²) in [5.74, 6) is 0.857. The number of nitrogens with zero attached hydrogens (tertiary/aromatic N) is 2. The van der Waals surface area contributed by atoms with Crippen LogP contribution in [0.15, 0.2) is 72.8 Å². The number of anilines is 1. The lowest BCUT2D eigenvalue weighted by Gasteiger charge is -2.36. The van der Waals surface area contributed by atoms with Crippen LogP contribution in [-0.4, -0.2) is 43.0 Å². The lowest BCUT2D eigenvalue weighted by atomic mass is 9.91. The number of rotatable bonds is 5. The number of fused-ring (bicyclic) bond motifs is 3. The summed E-state index contributed by atoms with van der Waals surface area (Å²) in [6.45, 7) is 3.24. The van der Waals surface area contributed by atoms with E-state index in [9.17, 15) is 4.79 Å². The average molecular weight is 440 g/mol. The molecule has 1 unspecified atom stereocenters. The van der Waals surface area contributed by atoms with Crippen LogP contribution in [0.5, 0.6) is 5.75 Å². The van der Waals surface area contributed by atoms with Crippen LogP contribution in [-0.2, 0) is 6.42 Å². The number of para-hydroxylation sites is 1. The summed E-state index contributed by atoms with van der Waals surface area (Å²) < 4.78 is 5.79. The lowest BCUT2D eigenvalue weighted by Crippen LogP contribution is -2.40. The summed E-state index contributed by atoms with van der Waals surface area (Å²) >= 11 is 0. The van der Waals surface area contributed by atoms with Crippen molar-refractivity contribution >= 4 is 22.5 Å². The van der Waals surface area contributed by atoms with E-state index in [0.29, 0.717) is 18.7 Å². The first-order valence-electron chi connectivity index (χ1n) is 11.5. The standard InChI is InChI=1S/C28H29N3O2/c1-4-33-22-12-8-9-19(18-22)27-26-24(23-13-5-6-14-25(23)29-26)15-16-31(27)28(32)20-10-7-11-21(17-20)30(2)3/h5-14,17-18,27,29H,4,15-16H2,1-3H3. The van der Waals surface area contributed by atoms with Crippen molar-refractivity contribution in [3.8, 4) is 5.75 Å². The van der Waals surface area contributed by atoms with Crippen LogP contribution in [0.3, 0.4) is 0 Å². The summed E-state index contributed by atoms with van der Waals surface area (Å²) in [6.07, 6.45) is 0.820. The third-order valence-corrected chi connectivity index (χ3v) is 6.39. The Morgan fingerprint density at radius 3 is 2.70 bits per heavy atom. The number of H-pyrrole nitrogens is 1. The molecule has 0 radical (unpaired) electrons. The van der Waals surface area contributed by atoms with Crippen molar-refractivity contribution in [1.82, 2.24) is 9.88 Å². The van der Waals surface area contributed by atoms with Gasteiger partial charge in [0.2, 0.25) is 0 Å². The molecule has 5 rings (SSSR count). The Hall–Kier alpha value is -3.73. The van der Waals surface area contributed by atoms with Gasteiger partial charge in [-0.1, -0.05) is 36.4 Å². The summed E-state index contributed by atoms with van der Waals surface area (Å²) in [7, 11) is 3.98. The van der Waals surface area contributed by atoms with Crippen LogP contribution >= 0.6 is 0 Å². The summed E-state index contributed by atoms with van der Waals surface area (Å²) in [6, 6.07) is 24.1. The van der Waals surface area contributed by atoms with Gasteiger partial charge in [0.05, 0.1) is 12.6 Å². The number of aromatic amines is 1. The molecule has 2 heterocycles. The van der Waals surface area contributed by atoms with Crippen LogP contribution < -0.4 is 9.64 Å². The van der Waals surface area contributed by atoms with Crippen LogP contribution in [0.1, 0.15) is 40.1 Å². The van der Waals surface area contributed by atoms with E-state index < -0.39 is 0 Å². The van der Waals surface area contributed by atoms with Crippen molar-refractivity contribution in [3.05, 3.63) is 95.2 Å². The summed E-state index contributed by atoms with van der Waals surface area (Å²) in [5, 5.41) is 1.24. The van der Waals surface area contributed by atoms with E-state index in [0.717, 1.165) is 34.6 Å². The molecular weight excluding hydrogens is 410 g/mol. The first kappa shape index (κ1) is 21.1. The van der Waals surface area contributed by atoms with Gasteiger partial charge in [-0.05, 0) is 60.9 Å².